The average Bonchev–Trinajstić information content (AvgIpc) is 2.49. The van der Waals surface area contributed by atoms with E-state index in [9.17, 15) is 4.79 Å². The van der Waals surface area contributed by atoms with E-state index >= 15 is 0 Å². The summed E-state index contributed by atoms with van der Waals surface area (Å²) in [6.07, 6.45) is 7.22. The molecule has 1 rings (SSSR count). The van der Waals surface area contributed by atoms with E-state index in [1.54, 1.807) is 6.20 Å². The summed E-state index contributed by atoms with van der Waals surface area (Å²) in [7, 11) is 0. The highest BCUT2D eigenvalue weighted by Gasteiger charge is 2.18. The molecule has 0 saturated carbocycles. The van der Waals surface area contributed by atoms with Crippen LogP contribution in [0.4, 0.5) is 0 Å². The topological polar surface area (TPSA) is 59.2 Å². The fraction of sp³-hybridized carbons (Fsp3) is 0.647. The van der Waals surface area contributed by atoms with Crippen LogP contribution >= 0.6 is 0 Å². The molecule has 0 fully saturated rings. The van der Waals surface area contributed by atoms with E-state index in [0.717, 1.165) is 24.8 Å². The zero-order valence-corrected chi connectivity index (χ0v) is 13.6. The normalized spacial score (nSPS) is 12.4. The highest BCUT2D eigenvalue weighted by atomic mass is 16.2. The molecule has 21 heavy (non-hydrogen) atoms. The number of nitrogens with zero attached hydrogens (tertiary/aromatic N) is 2. The molecule has 1 atom stereocenters. The van der Waals surface area contributed by atoms with Crippen molar-refractivity contribution in [2.75, 3.05) is 6.54 Å². The molecular formula is C17H29N3O. The summed E-state index contributed by atoms with van der Waals surface area (Å²) in [4.78, 5) is 18.5. The summed E-state index contributed by atoms with van der Waals surface area (Å²) in [5.74, 6) is 0.788. The molecule has 4 nitrogen and oxygen atoms in total. The molecular weight excluding hydrogens is 262 g/mol. The van der Waals surface area contributed by atoms with Gasteiger partial charge in [0.15, 0.2) is 0 Å². The van der Waals surface area contributed by atoms with Crippen molar-refractivity contribution in [2.24, 2.45) is 11.7 Å². The Labute approximate surface area is 128 Å². The first-order valence-electron chi connectivity index (χ1n) is 7.96. The Bertz CT molecular complexity index is 406. The summed E-state index contributed by atoms with van der Waals surface area (Å²) in [5.41, 5.74) is 6.70. The minimum atomic E-state index is 0.201. The summed E-state index contributed by atoms with van der Waals surface area (Å²) >= 11 is 0. The predicted octanol–water partition coefficient (Wildman–Crippen LogP) is 2.97. The summed E-state index contributed by atoms with van der Waals surface area (Å²) in [6, 6.07) is 4.12. The maximum atomic E-state index is 12.5. The maximum absolute atomic E-state index is 12.5. The molecule has 0 aromatic carbocycles. The Morgan fingerprint density at radius 1 is 1.38 bits per heavy atom. The first-order valence-corrected chi connectivity index (χ1v) is 7.96. The smallest absolute Gasteiger partial charge is 0.223 e. The van der Waals surface area contributed by atoms with Crippen LogP contribution in [-0.4, -0.2) is 28.4 Å². The Morgan fingerprint density at radius 2 is 2.14 bits per heavy atom. The molecule has 0 saturated heterocycles. The Hall–Kier alpha value is -1.42. The lowest BCUT2D eigenvalue weighted by molar-refractivity contribution is -0.133. The lowest BCUT2D eigenvalue weighted by atomic mass is 9.96. The van der Waals surface area contributed by atoms with Gasteiger partial charge < -0.3 is 10.6 Å². The summed E-state index contributed by atoms with van der Waals surface area (Å²) in [6.45, 7) is 7.63. The standard InChI is InChI=1S/C17H29N3O/c1-4-15(9-10-18)7-8-17(21)20(14(2)3)13-16-6-5-11-19-12-16/h5-6,11-12,14-15H,4,7-10,13,18H2,1-3H3. The Balaban J connectivity index is 2.57. The number of carbonyl (C=O) groups is 1. The van der Waals surface area contributed by atoms with Crippen LogP contribution in [0.1, 0.15) is 52.0 Å². The molecule has 2 N–H and O–H groups in total. The molecule has 0 aliphatic rings. The highest BCUT2D eigenvalue weighted by Crippen LogP contribution is 2.17. The quantitative estimate of drug-likeness (QED) is 0.761. The maximum Gasteiger partial charge on any atom is 0.223 e. The van der Waals surface area contributed by atoms with Gasteiger partial charge in [-0.05, 0) is 50.8 Å². The number of nitrogens with two attached hydrogens (primary N) is 1. The van der Waals surface area contributed by atoms with Crippen LogP contribution in [0.15, 0.2) is 24.5 Å². The zero-order chi connectivity index (χ0) is 15.7. The van der Waals surface area contributed by atoms with Gasteiger partial charge in [0.05, 0.1) is 0 Å². The van der Waals surface area contributed by atoms with Crippen LogP contribution in [0.5, 0.6) is 0 Å². The van der Waals surface area contributed by atoms with Gasteiger partial charge in [-0.25, -0.2) is 0 Å². The van der Waals surface area contributed by atoms with Crippen LogP contribution in [0, 0.1) is 5.92 Å². The monoisotopic (exact) mass is 291 g/mol. The summed E-state index contributed by atoms with van der Waals surface area (Å²) in [5, 5.41) is 0. The van der Waals surface area contributed by atoms with Crippen LogP contribution in [0.2, 0.25) is 0 Å². The van der Waals surface area contributed by atoms with Gasteiger partial charge in [0.1, 0.15) is 0 Å². The van der Waals surface area contributed by atoms with Crippen molar-refractivity contribution in [2.45, 2.75) is 59.0 Å². The van der Waals surface area contributed by atoms with Gasteiger partial charge in [-0.2, -0.15) is 0 Å². The molecule has 1 heterocycles. The molecule has 0 bridgehead atoms. The van der Waals surface area contributed by atoms with E-state index in [-0.39, 0.29) is 11.9 Å². The largest absolute Gasteiger partial charge is 0.336 e. The number of pyridine rings is 1. The van der Waals surface area contributed by atoms with E-state index < -0.39 is 0 Å². The number of aromatic nitrogens is 1. The van der Waals surface area contributed by atoms with Crippen LogP contribution in [-0.2, 0) is 11.3 Å². The lowest BCUT2D eigenvalue weighted by Crippen LogP contribution is -2.36. The van der Waals surface area contributed by atoms with E-state index in [2.05, 4.69) is 25.8 Å². The second-order valence-corrected chi connectivity index (χ2v) is 5.87. The Morgan fingerprint density at radius 3 is 2.67 bits per heavy atom. The fourth-order valence-corrected chi connectivity index (χ4v) is 2.51. The van der Waals surface area contributed by atoms with Crippen molar-refractivity contribution in [1.82, 2.24) is 9.88 Å². The van der Waals surface area contributed by atoms with E-state index in [1.165, 1.54) is 0 Å². The van der Waals surface area contributed by atoms with Crippen molar-refractivity contribution < 1.29 is 4.79 Å². The van der Waals surface area contributed by atoms with Crippen molar-refractivity contribution in [1.29, 1.82) is 0 Å². The third kappa shape index (κ3) is 6.25. The minimum absolute atomic E-state index is 0.201. The number of carbonyl (C=O) groups excluding carboxylic acids is 1. The lowest BCUT2D eigenvalue weighted by Gasteiger charge is -2.27. The molecule has 1 amide bonds. The first kappa shape index (κ1) is 17.6. The van der Waals surface area contributed by atoms with Crippen LogP contribution in [0.3, 0.4) is 0 Å². The molecule has 1 aromatic heterocycles. The molecule has 0 aliphatic heterocycles. The summed E-state index contributed by atoms with van der Waals surface area (Å²) < 4.78 is 0. The van der Waals surface area contributed by atoms with Gasteiger partial charge in [-0.15, -0.1) is 0 Å². The molecule has 1 aromatic rings. The first-order chi connectivity index (χ1) is 10.1. The highest BCUT2D eigenvalue weighted by molar-refractivity contribution is 5.76. The van der Waals surface area contributed by atoms with Gasteiger partial charge >= 0.3 is 0 Å². The van der Waals surface area contributed by atoms with Crippen molar-refractivity contribution in [3.63, 3.8) is 0 Å². The molecule has 0 aliphatic carbocycles. The van der Waals surface area contributed by atoms with Gasteiger partial charge in [0.2, 0.25) is 5.91 Å². The number of hydrogen-bond acceptors (Lipinski definition) is 3. The number of hydrogen-bond donors (Lipinski definition) is 1. The second-order valence-electron chi connectivity index (χ2n) is 5.87. The number of amides is 1. The van der Waals surface area contributed by atoms with Gasteiger partial charge in [0.25, 0.3) is 0 Å². The van der Waals surface area contributed by atoms with Crippen molar-refractivity contribution in [3.05, 3.63) is 30.1 Å². The Kier molecular flexibility index (Phi) is 7.98. The van der Waals surface area contributed by atoms with Crippen molar-refractivity contribution >= 4 is 5.91 Å². The third-order valence-corrected chi connectivity index (χ3v) is 3.94. The van der Waals surface area contributed by atoms with E-state index in [1.807, 2.05) is 23.2 Å². The average molecular weight is 291 g/mol. The fourth-order valence-electron chi connectivity index (χ4n) is 2.51. The van der Waals surface area contributed by atoms with Crippen LogP contribution < -0.4 is 5.73 Å². The van der Waals surface area contributed by atoms with E-state index in [0.29, 0.717) is 25.4 Å². The third-order valence-electron chi connectivity index (χ3n) is 3.94. The van der Waals surface area contributed by atoms with Crippen molar-refractivity contribution in [3.8, 4) is 0 Å². The molecule has 0 spiro atoms. The number of rotatable bonds is 9. The van der Waals surface area contributed by atoms with E-state index in [4.69, 9.17) is 5.73 Å². The second kappa shape index (κ2) is 9.50. The zero-order valence-electron chi connectivity index (χ0n) is 13.6. The predicted molar refractivity (Wildman–Crippen MR) is 86.6 cm³/mol. The van der Waals surface area contributed by atoms with Gasteiger partial charge in [-0.3, -0.25) is 9.78 Å². The SMILES string of the molecule is CCC(CCN)CCC(=O)N(Cc1cccnc1)C(C)C. The minimum Gasteiger partial charge on any atom is -0.336 e. The van der Waals surface area contributed by atoms with Gasteiger partial charge in [0, 0.05) is 31.4 Å². The van der Waals surface area contributed by atoms with Crippen LogP contribution in [0.25, 0.3) is 0 Å². The van der Waals surface area contributed by atoms with Gasteiger partial charge in [-0.1, -0.05) is 19.4 Å². The molecule has 0 radical (unpaired) electrons. The molecule has 1 unspecified atom stereocenters. The molecule has 118 valence electrons. The molecule has 4 heteroatoms.